The molecule has 0 radical (unpaired) electrons. The van der Waals surface area contributed by atoms with Gasteiger partial charge in [-0.25, -0.2) is 14.8 Å². The first-order valence-corrected chi connectivity index (χ1v) is 11.4. The summed E-state index contributed by atoms with van der Waals surface area (Å²) in [6.07, 6.45) is 1.70. The molecule has 0 spiro atoms. The third kappa shape index (κ3) is 4.61. The molecule has 2 aromatic carbocycles. The van der Waals surface area contributed by atoms with Crippen LogP contribution in [-0.2, 0) is 18.2 Å². The van der Waals surface area contributed by atoms with Crippen LogP contribution in [-0.4, -0.2) is 54.2 Å². The molecule has 188 valence electrons. The number of hydrogen-bond acceptors (Lipinski definition) is 9. The molecule has 1 N–H and O–H groups in total. The Morgan fingerprint density at radius 3 is 2.19 bits per heavy atom. The van der Waals surface area contributed by atoms with Gasteiger partial charge in [0.25, 0.3) is 0 Å². The summed E-state index contributed by atoms with van der Waals surface area (Å²) >= 11 is 0. The van der Waals surface area contributed by atoms with Crippen molar-refractivity contribution in [1.82, 2.24) is 19.7 Å². The van der Waals surface area contributed by atoms with Crippen LogP contribution in [0.1, 0.15) is 29.4 Å². The Hall–Kier alpha value is -4.34. The first-order chi connectivity index (χ1) is 17.4. The summed E-state index contributed by atoms with van der Waals surface area (Å²) in [6, 6.07) is 10.6. The normalized spacial score (nSPS) is 10.8. The van der Waals surface area contributed by atoms with Crippen LogP contribution in [0.15, 0.2) is 36.4 Å². The molecule has 36 heavy (non-hydrogen) atoms. The Balaban J connectivity index is 1.88. The monoisotopic (exact) mass is 491 g/mol. The fourth-order valence-electron chi connectivity index (χ4n) is 4.02. The summed E-state index contributed by atoms with van der Waals surface area (Å²) in [5.74, 6) is 2.15. The summed E-state index contributed by atoms with van der Waals surface area (Å²) in [6.45, 7) is 2.10. The second-order valence-electron chi connectivity index (χ2n) is 8.02. The minimum absolute atomic E-state index is 0.397. The van der Waals surface area contributed by atoms with E-state index in [2.05, 4.69) is 12.2 Å². The highest BCUT2D eigenvalue weighted by Crippen LogP contribution is 2.41. The fraction of sp³-hybridized carbons (Fsp3) is 0.308. The number of anilines is 2. The second kappa shape index (κ2) is 10.5. The van der Waals surface area contributed by atoms with Crippen LogP contribution in [0.4, 0.5) is 11.5 Å². The van der Waals surface area contributed by atoms with Crippen molar-refractivity contribution in [2.45, 2.75) is 19.8 Å². The molecule has 4 rings (SSSR count). The van der Waals surface area contributed by atoms with Crippen molar-refractivity contribution < 1.29 is 23.7 Å². The number of aromatic nitrogens is 4. The molecule has 4 aromatic rings. The third-order valence-corrected chi connectivity index (χ3v) is 5.73. The van der Waals surface area contributed by atoms with Gasteiger partial charge in [-0.1, -0.05) is 13.3 Å². The van der Waals surface area contributed by atoms with Gasteiger partial charge in [0.15, 0.2) is 23.1 Å². The van der Waals surface area contributed by atoms with Crippen molar-refractivity contribution >= 4 is 28.5 Å². The highest BCUT2D eigenvalue weighted by atomic mass is 16.5. The SMILES string of the molecule is CCCc1nn(C)c2c(Nc3ccc(C(=O)OC)cc3)nc(-c3cc(OC)c(OC)c(OC)c3)nc12. The second-order valence-corrected chi connectivity index (χ2v) is 8.02. The molecule has 0 saturated carbocycles. The van der Waals surface area contributed by atoms with Crippen molar-refractivity contribution in [2.24, 2.45) is 7.05 Å². The Kier molecular flexibility index (Phi) is 7.23. The molecule has 0 bridgehead atoms. The topological polar surface area (TPSA) is 110 Å². The van der Waals surface area contributed by atoms with Gasteiger partial charge in [0, 0.05) is 18.3 Å². The number of aryl methyl sites for hydroxylation is 2. The summed E-state index contributed by atoms with van der Waals surface area (Å²) in [4.78, 5) is 21.6. The summed E-state index contributed by atoms with van der Waals surface area (Å²) in [5.41, 5.74) is 4.31. The smallest absolute Gasteiger partial charge is 0.337 e. The summed E-state index contributed by atoms with van der Waals surface area (Å²) in [7, 11) is 7.92. The minimum Gasteiger partial charge on any atom is -0.493 e. The number of benzene rings is 2. The molecule has 0 aliphatic carbocycles. The van der Waals surface area contributed by atoms with E-state index in [1.54, 1.807) is 50.3 Å². The molecule has 0 aliphatic heterocycles. The summed E-state index contributed by atoms with van der Waals surface area (Å²) < 4.78 is 23.1. The van der Waals surface area contributed by atoms with Crippen molar-refractivity contribution in [1.29, 1.82) is 0 Å². The number of fused-ring (bicyclic) bond motifs is 1. The quantitative estimate of drug-likeness (QED) is 0.337. The van der Waals surface area contributed by atoms with Gasteiger partial charge in [0.2, 0.25) is 5.75 Å². The van der Waals surface area contributed by atoms with Crippen LogP contribution >= 0.6 is 0 Å². The molecule has 10 nitrogen and oxygen atoms in total. The van der Waals surface area contributed by atoms with Gasteiger partial charge in [-0.15, -0.1) is 0 Å². The van der Waals surface area contributed by atoms with Gasteiger partial charge in [-0.2, -0.15) is 5.10 Å². The molecule has 0 unspecified atom stereocenters. The molecule has 2 heterocycles. The van der Waals surface area contributed by atoms with E-state index in [9.17, 15) is 4.79 Å². The number of methoxy groups -OCH3 is 4. The van der Waals surface area contributed by atoms with Crippen molar-refractivity contribution in [3.63, 3.8) is 0 Å². The number of hydrogen-bond donors (Lipinski definition) is 1. The average Bonchev–Trinajstić information content (AvgIpc) is 3.22. The van der Waals surface area contributed by atoms with Gasteiger partial charge >= 0.3 is 5.97 Å². The Labute approximate surface area is 209 Å². The zero-order valence-corrected chi connectivity index (χ0v) is 21.2. The van der Waals surface area contributed by atoms with E-state index in [-0.39, 0.29) is 0 Å². The van der Waals surface area contributed by atoms with Crippen LogP contribution in [0, 0.1) is 0 Å². The fourth-order valence-corrected chi connectivity index (χ4v) is 4.02. The van der Waals surface area contributed by atoms with E-state index in [1.807, 2.05) is 19.2 Å². The lowest BCUT2D eigenvalue weighted by molar-refractivity contribution is 0.0600. The van der Waals surface area contributed by atoms with E-state index in [0.29, 0.717) is 40.0 Å². The van der Waals surface area contributed by atoms with Crippen LogP contribution in [0.2, 0.25) is 0 Å². The van der Waals surface area contributed by atoms with E-state index in [4.69, 9.17) is 34.0 Å². The standard InChI is InChI=1S/C26H29N5O5/c1-7-8-18-21-22(31(2)30-18)25(27-17-11-9-15(10-12-17)26(32)36-6)29-24(28-21)16-13-19(33-3)23(35-5)20(14-16)34-4/h9-14H,7-8H2,1-6H3,(H,27,28,29). The lowest BCUT2D eigenvalue weighted by Gasteiger charge is -2.15. The number of nitrogens with one attached hydrogen (secondary N) is 1. The number of carbonyl (C=O) groups excluding carboxylic acids is 1. The Morgan fingerprint density at radius 2 is 1.64 bits per heavy atom. The van der Waals surface area contributed by atoms with Gasteiger partial charge in [-0.3, -0.25) is 4.68 Å². The average molecular weight is 492 g/mol. The van der Waals surface area contributed by atoms with Gasteiger partial charge in [0.1, 0.15) is 11.0 Å². The Bertz CT molecular complexity index is 1370. The van der Waals surface area contributed by atoms with E-state index in [1.165, 1.54) is 7.11 Å². The number of nitrogens with zero attached hydrogens (tertiary/aromatic N) is 4. The number of ether oxygens (including phenoxy) is 4. The van der Waals surface area contributed by atoms with Crippen LogP contribution < -0.4 is 19.5 Å². The van der Waals surface area contributed by atoms with Gasteiger partial charge in [-0.05, 0) is 42.8 Å². The molecule has 0 amide bonds. The van der Waals surface area contributed by atoms with Gasteiger partial charge < -0.3 is 24.3 Å². The van der Waals surface area contributed by atoms with E-state index < -0.39 is 5.97 Å². The first kappa shape index (κ1) is 24.8. The molecule has 0 fully saturated rings. The molecule has 0 saturated heterocycles. The molecule has 10 heteroatoms. The molecular weight excluding hydrogens is 462 g/mol. The van der Waals surface area contributed by atoms with Crippen LogP contribution in [0.25, 0.3) is 22.4 Å². The highest BCUT2D eigenvalue weighted by Gasteiger charge is 2.21. The largest absolute Gasteiger partial charge is 0.493 e. The maximum Gasteiger partial charge on any atom is 0.337 e. The molecular formula is C26H29N5O5. The van der Waals surface area contributed by atoms with Crippen molar-refractivity contribution in [3.8, 4) is 28.6 Å². The van der Waals surface area contributed by atoms with Crippen molar-refractivity contribution in [3.05, 3.63) is 47.7 Å². The maximum absolute atomic E-state index is 11.8. The van der Waals surface area contributed by atoms with E-state index >= 15 is 0 Å². The molecule has 0 atom stereocenters. The number of esters is 1. The third-order valence-electron chi connectivity index (χ3n) is 5.73. The van der Waals surface area contributed by atoms with E-state index in [0.717, 1.165) is 35.3 Å². The number of rotatable bonds is 9. The number of carbonyl (C=O) groups is 1. The zero-order valence-electron chi connectivity index (χ0n) is 21.2. The minimum atomic E-state index is -0.397. The van der Waals surface area contributed by atoms with Crippen LogP contribution in [0.5, 0.6) is 17.2 Å². The molecule has 0 aliphatic rings. The zero-order chi connectivity index (χ0) is 25.8. The highest BCUT2D eigenvalue weighted by molar-refractivity contribution is 5.92. The van der Waals surface area contributed by atoms with Crippen molar-refractivity contribution in [2.75, 3.05) is 33.8 Å². The molecule has 2 aromatic heterocycles. The summed E-state index contributed by atoms with van der Waals surface area (Å²) in [5, 5.41) is 8.07. The van der Waals surface area contributed by atoms with Gasteiger partial charge in [0.05, 0.1) is 39.7 Å². The lowest BCUT2D eigenvalue weighted by atomic mass is 10.1. The predicted octanol–water partition coefficient (Wildman–Crippen LogP) is 4.54. The first-order valence-electron chi connectivity index (χ1n) is 11.4. The lowest BCUT2D eigenvalue weighted by Crippen LogP contribution is -2.04. The Morgan fingerprint density at radius 1 is 0.972 bits per heavy atom. The van der Waals surface area contributed by atoms with Crippen LogP contribution in [0.3, 0.4) is 0 Å². The maximum atomic E-state index is 11.8. The predicted molar refractivity (Wildman–Crippen MR) is 136 cm³/mol.